The molecule has 0 atom stereocenters. The van der Waals surface area contributed by atoms with Gasteiger partial charge in [0.2, 0.25) is 4.77 Å². The Morgan fingerprint density at radius 1 is 1.23 bits per heavy atom. The first-order chi connectivity index (χ1) is 10.6. The minimum Gasteiger partial charge on any atom is -0.250 e. The van der Waals surface area contributed by atoms with Gasteiger partial charge in [-0.3, -0.25) is 0 Å². The molecular formula is C16H13FN4S. The van der Waals surface area contributed by atoms with Crippen LogP contribution in [0, 0.1) is 17.5 Å². The summed E-state index contributed by atoms with van der Waals surface area (Å²) in [5, 5.41) is 11.2. The molecule has 1 heterocycles. The van der Waals surface area contributed by atoms with E-state index in [1.807, 2.05) is 31.2 Å². The fourth-order valence-electron chi connectivity index (χ4n) is 2.07. The van der Waals surface area contributed by atoms with Gasteiger partial charge in [-0.15, -0.1) is 0 Å². The van der Waals surface area contributed by atoms with E-state index in [0.717, 1.165) is 11.1 Å². The zero-order chi connectivity index (χ0) is 15.5. The lowest BCUT2D eigenvalue weighted by Crippen LogP contribution is -1.96. The van der Waals surface area contributed by atoms with E-state index in [-0.39, 0.29) is 5.82 Å². The molecule has 0 saturated carbocycles. The van der Waals surface area contributed by atoms with Crippen molar-refractivity contribution in [1.29, 1.82) is 0 Å². The molecule has 0 unspecified atom stereocenters. The molecule has 0 spiro atoms. The molecule has 0 saturated heterocycles. The summed E-state index contributed by atoms with van der Waals surface area (Å²) in [6.45, 7) is 2.00. The number of aromatic amines is 1. The third-order valence-electron chi connectivity index (χ3n) is 3.14. The summed E-state index contributed by atoms with van der Waals surface area (Å²) in [5.41, 5.74) is 2.38. The predicted octanol–water partition coefficient (Wildman–Crippen LogP) is 3.94. The molecule has 1 N–H and O–H groups in total. The quantitative estimate of drug-likeness (QED) is 0.588. The van der Waals surface area contributed by atoms with Gasteiger partial charge in [0.15, 0.2) is 5.82 Å². The summed E-state index contributed by atoms with van der Waals surface area (Å²) in [5.74, 6) is 0.250. The van der Waals surface area contributed by atoms with Gasteiger partial charge in [-0.2, -0.15) is 14.9 Å². The van der Waals surface area contributed by atoms with Crippen LogP contribution in [0.25, 0.3) is 11.4 Å². The Morgan fingerprint density at radius 2 is 2.05 bits per heavy atom. The minimum absolute atomic E-state index is 0.335. The molecule has 2 aromatic carbocycles. The van der Waals surface area contributed by atoms with Crippen molar-refractivity contribution in [3.63, 3.8) is 0 Å². The molecule has 0 bridgehead atoms. The molecule has 6 heteroatoms. The number of hydrogen-bond donors (Lipinski definition) is 1. The second-order valence-corrected chi connectivity index (χ2v) is 5.19. The molecule has 3 rings (SSSR count). The van der Waals surface area contributed by atoms with Crippen LogP contribution < -0.4 is 0 Å². The van der Waals surface area contributed by atoms with Crippen LogP contribution in [0.3, 0.4) is 0 Å². The van der Waals surface area contributed by atoms with E-state index in [2.05, 4.69) is 15.3 Å². The lowest BCUT2D eigenvalue weighted by Gasteiger charge is -2.02. The topological polar surface area (TPSA) is 46.0 Å². The summed E-state index contributed by atoms with van der Waals surface area (Å²) in [4.78, 5) is 0. The lowest BCUT2D eigenvalue weighted by molar-refractivity contribution is 0.625. The van der Waals surface area contributed by atoms with Crippen molar-refractivity contribution in [2.45, 2.75) is 6.92 Å². The number of benzene rings is 2. The van der Waals surface area contributed by atoms with Crippen LogP contribution in [0.5, 0.6) is 0 Å². The highest BCUT2D eigenvalue weighted by Crippen LogP contribution is 2.18. The van der Waals surface area contributed by atoms with Gasteiger partial charge in [-0.25, -0.2) is 9.49 Å². The van der Waals surface area contributed by atoms with Gasteiger partial charge in [0.05, 0.1) is 6.21 Å². The molecule has 0 amide bonds. The number of aromatic nitrogens is 3. The van der Waals surface area contributed by atoms with Crippen molar-refractivity contribution in [2.75, 3.05) is 0 Å². The first-order valence-corrected chi connectivity index (χ1v) is 7.09. The average molecular weight is 312 g/mol. The Bertz CT molecular complexity index is 895. The summed E-state index contributed by atoms with van der Waals surface area (Å²) in [6, 6.07) is 14.3. The number of aryl methyl sites for hydroxylation is 1. The number of nitrogens with zero attached hydrogens (tertiary/aromatic N) is 3. The number of H-pyrrole nitrogens is 1. The molecule has 0 radical (unpaired) electrons. The third-order valence-corrected chi connectivity index (χ3v) is 3.41. The fraction of sp³-hybridized carbons (Fsp3) is 0.0625. The fourth-order valence-corrected chi connectivity index (χ4v) is 2.25. The van der Waals surface area contributed by atoms with Crippen molar-refractivity contribution in [2.24, 2.45) is 5.10 Å². The highest BCUT2D eigenvalue weighted by atomic mass is 32.1. The van der Waals surface area contributed by atoms with E-state index >= 15 is 0 Å². The van der Waals surface area contributed by atoms with Crippen molar-refractivity contribution in [3.8, 4) is 11.4 Å². The van der Waals surface area contributed by atoms with Gasteiger partial charge >= 0.3 is 0 Å². The first-order valence-electron chi connectivity index (χ1n) is 6.68. The SMILES string of the molecule is Cc1cccc(-c2n[nH]c(=S)n2/N=C/c2ccccc2F)c1. The Labute approximate surface area is 131 Å². The van der Waals surface area contributed by atoms with Crippen molar-refractivity contribution in [3.05, 3.63) is 70.2 Å². The van der Waals surface area contributed by atoms with Gasteiger partial charge in [0.25, 0.3) is 0 Å². The van der Waals surface area contributed by atoms with Crippen molar-refractivity contribution in [1.82, 2.24) is 14.9 Å². The van der Waals surface area contributed by atoms with Gasteiger partial charge in [-0.05, 0) is 31.3 Å². The van der Waals surface area contributed by atoms with Gasteiger partial charge < -0.3 is 0 Å². The summed E-state index contributed by atoms with van der Waals surface area (Å²) < 4.78 is 15.5. The molecule has 1 aromatic heterocycles. The average Bonchev–Trinajstić information content (AvgIpc) is 2.87. The lowest BCUT2D eigenvalue weighted by atomic mass is 10.1. The van der Waals surface area contributed by atoms with Crippen molar-refractivity contribution < 1.29 is 4.39 Å². The molecule has 0 fully saturated rings. The standard InChI is InChI=1S/C16H13FN4S/c1-11-5-4-7-12(9-11)15-19-20-16(22)21(15)18-10-13-6-2-3-8-14(13)17/h2-10H,1H3,(H,20,22)/b18-10+. The number of halogens is 1. The van der Waals surface area contributed by atoms with Crippen LogP contribution >= 0.6 is 12.2 Å². The Hall–Kier alpha value is -2.60. The van der Waals surface area contributed by atoms with E-state index in [1.54, 1.807) is 18.2 Å². The van der Waals surface area contributed by atoms with Crippen LogP contribution in [0.4, 0.5) is 4.39 Å². The summed E-state index contributed by atoms with van der Waals surface area (Å²) in [7, 11) is 0. The third kappa shape index (κ3) is 2.87. The zero-order valence-corrected chi connectivity index (χ0v) is 12.6. The predicted molar refractivity (Wildman–Crippen MR) is 87.0 cm³/mol. The normalized spacial score (nSPS) is 11.2. The highest BCUT2D eigenvalue weighted by Gasteiger charge is 2.08. The maximum atomic E-state index is 13.6. The number of nitrogens with one attached hydrogen (secondary N) is 1. The minimum atomic E-state index is -0.335. The Balaban J connectivity index is 2.04. The molecule has 0 aliphatic carbocycles. The maximum Gasteiger partial charge on any atom is 0.216 e. The smallest absolute Gasteiger partial charge is 0.216 e. The number of hydrogen-bond acceptors (Lipinski definition) is 3. The maximum absolute atomic E-state index is 13.6. The van der Waals surface area contributed by atoms with Crippen LogP contribution in [-0.2, 0) is 0 Å². The summed E-state index contributed by atoms with van der Waals surface area (Å²) >= 11 is 5.19. The van der Waals surface area contributed by atoms with E-state index in [4.69, 9.17) is 12.2 Å². The molecule has 22 heavy (non-hydrogen) atoms. The first kappa shape index (κ1) is 14.3. The van der Waals surface area contributed by atoms with Gasteiger partial charge in [0.1, 0.15) is 5.82 Å². The van der Waals surface area contributed by atoms with Crippen LogP contribution in [0.2, 0.25) is 0 Å². The second kappa shape index (κ2) is 6.03. The van der Waals surface area contributed by atoms with Crippen molar-refractivity contribution >= 4 is 18.4 Å². The van der Waals surface area contributed by atoms with Crippen LogP contribution in [0.1, 0.15) is 11.1 Å². The zero-order valence-electron chi connectivity index (χ0n) is 11.8. The Kier molecular flexibility index (Phi) is 3.93. The number of rotatable bonds is 3. The van der Waals surface area contributed by atoms with Crippen LogP contribution in [0.15, 0.2) is 53.6 Å². The van der Waals surface area contributed by atoms with Crippen LogP contribution in [-0.4, -0.2) is 21.1 Å². The second-order valence-electron chi connectivity index (χ2n) is 4.80. The monoisotopic (exact) mass is 312 g/mol. The largest absolute Gasteiger partial charge is 0.250 e. The van der Waals surface area contributed by atoms with E-state index < -0.39 is 0 Å². The van der Waals surface area contributed by atoms with E-state index in [1.165, 1.54) is 17.0 Å². The van der Waals surface area contributed by atoms with Gasteiger partial charge in [0, 0.05) is 11.1 Å². The van der Waals surface area contributed by atoms with E-state index in [0.29, 0.717) is 16.2 Å². The molecule has 0 aliphatic heterocycles. The molecule has 4 nitrogen and oxygen atoms in total. The molecule has 110 valence electrons. The Morgan fingerprint density at radius 3 is 2.82 bits per heavy atom. The molecular weight excluding hydrogens is 299 g/mol. The molecule has 3 aromatic rings. The molecule has 0 aliphatic rings. The van der Waals surface area contributed by atoms with E-state index in [9.17, 15) is 4.39 Å². The summed E-state index contributed by atoms with van der Waals surface area (Å²) in [6.07, 6.45) is 1.43. The van der Waals surface area contributed by atoms with Gasteiger partial charge in [-0.1, -0.05) is 42.0 Å². The highest BCUT2D eigenvalue weighted by molar-refractivity contribution is 7.71.